The summed E-state index contributed by atoms with van der Waals surface area (Å²) < 4.78 is 59.3. The Morgan fingerprint density at radius 1 is 1.20 bits per heavy atom. The van der Waals surface area contributed by atoms with Gasteiger partial charge < -0.3 is 0 Å². The lowest BCUT2D eigenvalue weighted by molar-refractivity contribution is -0.0693. The van der Waals surface area contributed by atoms with Crippen LogP contribution >= 0.6 is 46.4 Å². The minimum absolute atomic E-state index is 0.605. The molecule has 0 aliphatic rings. The van der Waals surface area contributed by atoms with Gasteiger partial charge in [-0.15, -0.1) is 11.6 Å². The van der Waals surface area contributed by atoms with E-state index in [0.29, 0.717) is 0 Å². The molecule has 9 heteroatoms. The Hall–Kier alpha value is 0.550. The van der Waals surface area contributed by atoms with Gasteiger partial charge in [0.2, 0.25) is 6.17 Å². The molecule has 0 amide bonds. The molecule has 0 spiro atoms. The molecule has 0 aromatic rings. The van der Waals surface area contributed by atoms with Gasteiger partial charge in [0.15, 0.2) is 5.38 Å². The fourth-order valence-electron chi connectivity index (χ4n) is 0.586. The maximum Gasteiger partial charge on any atom is 0.305 e. The van der Waals surface area contributed by atoms with Crippen LogP contribution in [0, 0.1) is 0 Å². The van der Waals surface area contributed by atoms with Gasteiger partial charge in [0.05, 0.1) is 5.03 Å². The van der Waals surface area contributed by atoms with Crippen molar-refractivity contribution in [1.29, 1.82) is 0 Å². The van der Waals surface area contributed by atoms with Gasteiger partial charge >= 0.3 is 5.92 Å². The lowest BCUT2D eigenvalue weighted by Gasteiger charge is -2.27. The highest BCUT2D eigenvalue weighted by atomic mass is 35.5. The molecular formula is C6H3Cl4F5. The Morgan fingerprint density at radius 2 is 1.60 bits per heavy atom. The maximum atomic E-state index is 12.9. The number of hydrogen-bond donors (Lipinski definition) is 0. The SMILES string of the molecule is FC=C(Cl)C(F)C(F)(F)C(Cl)C(F)(Cl)Cl. The second-order valence-corrected chi connectivity index (χ2v) is 4.60. The second-order valence-electron chi connectivity index (χ2n) is 2.44. The van der Waals surface area contributed by atoms with Crippen molar-refractivity contribution in [3.63, 3.8) is 0 Å². The van der Waals surface area contributed by atoms with E-state index in [1.807, 2.05) is 0 Å². The number of rotatable bonds is 4. The molecule has 0 nitrogen and oxygen atoms in total. The highest BCUT2D eigenvalue weighted by Gasteiger charge is 2.57. The average Bonchev–Trinajstić information content (AvgIpc) is 2.12. The van der Waals surface area contributed by atoms with Crippen LogP contribution in [0.25, 0.3) is 0 Å². The van der Waals surface area contributed by atoms with Gasteiger partial charge in [0, 0.05) is 0 Å². The minimum Gasteiger partial charge on any atom is -0.234 e. The van der Waals surface area contributed by atoms with Gasteiger partial charge in [-0.25, -0.2) is 22.0 Å². The van der Waals surface area contributed by atoms with Crippen LogP contribution in [0.5, 0.6) is 0 Å². The molecule has 90 valence electrons. The summed E-state index contributed by atoms with van der Waals surface area (Å²) in [7, 11) is 0. The van der Waals surface area contributed by atoms with E-state index in [1.165, 1.54) is 0 Å². The van der Waals surface area contributed by atoms with Crippen molar-refractivity contribution in [3.05, 3.63) is 11.4 Å². The minimum atomic E-state index is -4.56. The van der Waals surface area contributed by atoms with E-state index in [1.54, 1.807) is 0 Å². The molecule has 2 atom stereocenters. The van der Waals surface area contributed by atoms with E-state index < -0.39 is 33.4 Å². The van der Waals surface area contributed by atoms with Gasteiger partial charge in [-0.2, -0.15) is 0 Å². The van der Waals surface area contributed by atoms with Gasteiger partial charge in [-0.05, 0) is 0 Å². The Balaban J connectivity index is 4.97. The summed E-state index contributed by atoms with van der Waals surface area (Å²) in [6.07, 6.45) is -3.94. The molecule has 15 heavy (non-hydrogen) atoms. The highest BCUT2D eigenvalue weighted by Crippen LogP contribution is 2.44. The van der Waals surface area contributed by atoms with E-state index in [9.17, 15) is 22.0 Å². The van der Waals surface area contributed by atoms with Gasteiger partial charge in [0.25, 0.3) is 4.59 Å². The van der Waals surface area contributed by atoms with Crippen LogP contribution in [0.2, 0.25) is 0 Å². The molecule has 0 aliphatic carbocycles. The third-order valence-corrected chi connectivity index (χ3v) is 2.84. The molecule has 0 radical (unpaired) electrons. The summed E-state index contributed by atoms with van der Waals surface area (Å²) >= 11 is 18.8. The molecule has 0 heterocycles. The zero-order valence-electron chi connectivity index (χ0n) is 6.63. The molecule has 0 N–H and O–H groups in total. The van der Waals surface area contributed by atoms with Crippen molar-refractivity contribution in [2.75, 3.05) is 0 Å². The summed E-state index contributed by atoms with van der Waals surface area (Å²) in [4.78, 5) is 0. The number of allylic oxidation sites excluding steroid dienone is 1. The molecule has 0 saturated heterocycles. The number of hydrogen-bond acceptors (Lipinski definition) is 0. The van der Waals surface area contributed by atoms with Crippen molar-refractivity contribution >= 4 is 46.4 Å². The first-order valence-corrected chi connectivity index (χ1v) is 4.80. The maximum absolute atomic E-state index is 12.9. The van der Waals surface area contributed by atoms with Crippen LogP contribution in [0.15, 0.2) is 11.4 Å². The molecule has 0 saturated carbocycles. The Morgan fingerprint density at radius 3 is 1.87 bits per heavy atom. The van der Waals surface area contributed by atoms with Gasteiger partial charge in [-0.3, -0.25) is 0 Å². The molecule has 0 rings (SSSR count). The van der Waals surface area contributed by atoms with E-state index >= 15 is 0 Å². The molecule has 2 unspecified atom stereocenters. The normalized spacial score (nSPS) is 18.9. The molecule has 0 bridgehead atoms. The fraction of sp³-hybridized carbons (Fsp3) is 0.667. The third kappa shape index (κ3) is 3.80. The quantitative estimate of drug-likeness (QED) is 0.520. The van der Waals surface area contributed by atoms with E-state index in [0.717, 1.165) is 0 Å². The summed E-state index contributed by atoms with van der Waals surface area (Å²) in [6, 6.07) is 0. The van der Waals surface area contributed by atoms with Crippen molar-refractivity contribution in [3.8, 4) is 0 Å². The van der Waals surface area contributed by atoms with E-state index in [-0.39, 0.29) is 0 Å². The predicted octanol–water partition coefficient (Wildman–Crippen LogP) is 4.72. The summed E-state index contributed by atoms with van der Waals surface area (Å²) in [5, 5.41) is -4.39. The molecule has 0 aromatic heterocycles. The topological polar surface area (TPSA) is 0 Å². The summed E-state index contributed by atoms with van der Waals surface area (Å²) in [5.41, 5.74) is 0. The van der Waals surface area contributed by atoms with E-state index in [2.05, 4.69) is 23.2 Å². The van der Waals surface area contributed by atoms with Crippen LogP contribution in [0.3, 0.4) is 0 Å². The van der Waals surface area contributed by atoms with Crippen molar-refractivity contribution in [1.82, 2.24) is 0 Å². The third-order valence-electron chi connectivity index (χ3n) is 1.31. The van der Waals surface area contributed by atoms with E-state index in [4.69, 9.17) is 23.2 Å². The monoisotopic (exact) mass is 310 g/mol. The lowest BCUT2D eigenvalue weighted by Crippen LogP contribution is -2.46. The molecular weight excluding hydrogens is 309 g/mol. The highest BCUT2D eigenvalue weighted by molar-refractivity contribution is 6.51. The molecule has 0 aliphatic heterocycles. The van der Waals surface area contributed by atoms with Gasteiger partial charge in [0.1, 0.15) is 6.33 Å². The zero-order valence-corrected chi connectivity index (χ0v) is 9.66. The molecule has 0 fully saturated rings. The predicted molar refractivity (Wildman–Crippen MR) is 50.1 cm³/mol. The first kappa shape index (κ1) is 15.6. The molecule has 0 aromatic carbocycles. The average molecular weight is 312 g/mol. The van der Waals surface area contributed by atoms with Crippen LogP contribution in [-0.2, 0) is 0 Å². The Kier molecular flexibility index (Phi) is 5.45. The zero-order chi connectivity index (χ0) is 12.4. The first-order valence-electron chi connectivity index (χ1n) is 3.23. The number of alkyl halides is 7. The van der Waals surface area contributed by atoms with Crippen LogP contribution in [-0.4, -0.2) is 22.1 Å². The second kappa shape index (κ2) is 5.25. The number of halogens is 9. The Labute approximate surface area is 102 Å². The first-order chi connectivity index (χ1) is 6.55. The van der Waals surface area contributed by atoms with Gasteiger partial charge in [-0.1, -0.05) is 34.8 Å². The summed E-state index contributed by atoms with van der Waals surface area (Å²) in [5.74, 6) is -4.56. The van der Waals surface area contributed by atoms with Crippen LogP contribution in [0.4, 0.5) is 22.0 Å². The van der Waals surface area contributed by atoms with Crippen molar-refractivity contribution in [2.24, 2.45) is 0 Å². The van der Waals surface area contributed by atoms with Crippen molar-refractivity contribution < 1.29 is 22.0 Å². The standard InChI is InChI=1S/C6H3Cl4F5/c7-2(1-11)3(12)5(13,14)4(8)6(9,10)15/h1,3-4H. The lowest BCUT2D eigenvalue weighted by atomic mass is 10.1. The largest absolute Gasteiger partial charge is 0.305 e. The van der Waals surface area contributed by atoms with Crippen LogP contribution in [0.1, 0.15) is 0 Å². The van der Waals surface area contributed by atoms with Crippen LogP contribution < -0.4 is 0 Å². The Bertz CT molecular complexity index is 248. The van der Waals surface area contributed by atoms with Crippen molar-refractivity contribution in [2.45, 2.75) is 22.1 Å². The fourth-order valence-corrected chi connectivity index (χ4v) is 1.13. The smallest absolute Gasteiger partial charge is 0.234 e. The summed E-state index contributed by atoms with van der Waals surface area (Å²) in [6.45, 7) is 0.